The molecule has 1 saturated heterocycles. The van der Waals surface area contributed by atoms with Gasteiger partial charge in [0.1, 0.15) is 0 Å². The Morgan fingerprint density at radius 3 is 2.05 bits per heavy atom. The van der Waals surface area contributed by atoms with Crippen molar-refractivity contribution in [3.63, 3.8) is 0 Å². The maximum absolute atomic E-state index is 12.8. The average Bonchev–Trinajstić information content (AvgIpc) is 2.54. The van der Waals surface area contributed by atoms with Gasteiger partial charge in [0, 0.05) is 32.6 Å². The minimum atomic E-state index is -0.530. The van der Waals surface area contributed by atoms with E-state index in [2.05, 4.69) is 0 Å². The molecule has 4 nitrogen and oxygen atoms in total. The number of benzene rings is 1. The van der Waals surface area contributed by atoms with E-state index in [1.807, 2.05) is 60.9 Å². The van der Waals surface area contributed by atoms with E-state index < -0.39 is 5.41 Å². The number of nitrogens with zero attached hydrogens (tertiary/aromatic N) is 2. The lowest BCUT2D eigenvalue weighted by Gasteiger charge is -2.38. The molecule has 21 heavy (non-hydrogen) atoms. The minimum Gasteiger partial charge on any atom is -0.339 e. The van der Waals surface area contributed by atoms with Crippen LogP contribution >= 0.6 is 0 Å². The fourth-order valence-corrected chi connectivity index (χ4v) is 2.76. The van der Waals surface area contributed by atoms with Crippen molar-refractivity contribution in [1.82, 2.24) is 9.80 Å². The second kappa shape index (κ2) is 6.29. The first-order valence-electron chi connectivity index (χ1n) is 7.59. The Kier molecular flexibility index (Phi) is 4.66. The third kappa shape index (κ3) is 3.26. The highest BCUT2D eigenvalue weighted by Gasteiger charge is 2.35. The summed E-state index contributed by atoms with van der Waals surface area (Å²) in [4.78, 5) is 28.2. The van der Waals surface area contributed by atoms with Gasteiger partial charge in [0.25, 0.3) is 0 Å². The van der Waals surface area contributed by atoms with Gasteiger partial charge >= 0.3 is 0 Å². The molecule has 0 bridgehead atoms. The molecule has 1 aliphatic heterocycles. The van der Waals surface area contributed by atoms with Crippen LogP contribution in [0, 0.1) is 0 Å². The highest BCUT2D eigenvalue weighted by atomic mass is 16.2. The molecule has 2 rings (SSSR count). The zero-order valence-corrected chi connectivity index (χ0v) is 13.1. The Morgan fingerprint density at radius 1 is 1.00 bits per heavy atom. The van der Waals surface area contributed by atoms with Gasteiger partial charge in [0.2, 0.25) is 11.8 Å². The number of rotatable bonds is 3. The molecule has 2 amide bonds. The van der Waals surface area contributed by atoms with Gasteiger partial charge in [-0.25, -0.2) is 0 Å². The monoisotopic (exact) mass is 288 g/mol. The van der Waals surface area contributed by atoms with Crippen LogP contribution in [0.1, 0.15) is 32.8 Å². The molecular weight excluding hydrogens is 264 g/mol. The summed E-state index contributed by atoms with van der Waals surface area (Å²) in [5.74, 6) is 0.307. The van der Waals surface area contributed by atoms with Crippen molar-refractivity contribution in [2.45, 2.75) is 32.6 Å². The second-order valence-corrected chi connectivity index (χ2v) is 6.02. The molecule has 1 aromatic carbocycles. The molecule has 1 fully saturated rings. The highest BCUT2D eigenvalue weighted by molar-refractivity contribution is 5.87. The van der Waals surface area contributed by atoms with Gasteiger partial charge in [-0.3, -0.25) is 9.59 Å². The molecule has 0 spiro atoms. The normalized spacial score (nSPS) is 16.0. The summed E-state index contributed by atoms with van der Waals surface area (Å²) < 4.78 is 0. The molecule has 1 aromatic rings. The topological polar surface area (TPSA) is 40.6 Å². The summed E-state index contributed by atoms with van der Waals surface area (Å²) >= 11 is 0. The van der Waals surface area contributed by atoms with Crippen LogP contribution in [0.4, 0.5) is 0 Å². The number of hydrogen-bond donors (Lipinski definition) is 0. The van der Waals surface area contributed by atoms with Gasteiger partial charge in [-0.2, -0.15) is 0 Å². The maximum Gasteiger partial charge on any atom is 0.232 e. The van der Waals surface area contributed by atoms with Crippen LogP contribution in [0.2, 0.25) is 0 Å². The van der Waals surface area contributed by atoms with Crippen molar-refractivity contribution in [1.29, 1.82) is 0 Å². The number of carbonyl (C=O) groups excluding carboxylic acids is 2. The molecule has 1 aliphatic rings. The number of carbonyl (C=O) groups is 2. The molecule has 0 saturated carbocycles. The zero-order valence-electron chi connectivity index (χ0n) is 13.1. The highest BCUT2D eigenvalue weighted by Crippen LogP contribution is 2.26. The van der Waals surface area contributed by atoms with Gasteiger partial charge in [-0.1, -0.05) is 37.3 Å². The predicted octanol–water partition coefficient (Wildman–Crippen LogP) is 2.04. The fraction of sp³-hybridized carbons (Fsp3) is 0.529. The SMILES string of the molecule is CCC(=O)N1CCN(C(=O)C(C)(C)c2ccccc2)CC1. The predicted molar refractivity (Wildman–Crippen MR) is 82.9 cm³/mol. The summed E-state index contributed by atoms with van der Waals surface area (Å²) in [7, 11) is 0. The molecule has 0 atom stereocenters. The average molecular weight is 288 g/mol. The standard InChI is InChI=1S/C17H24N2O2/c1-4-15(20)18-10-12-19(13-11-18)16(21)17(2,3)14-8-6-5-7-9-14/h5-9H,4,10-13H2,1-3H3. The number of piperazine rings is 1. The van der Waals surface area contributed by atoms with E-state index in [0.29, 0.717) is 32.6 Å². The molecule has 0 unspecified atom stereocenters. The van der Waals surface area contributed by atoms with E-state index >= 15 is 0 Å². The Labute approximate surface area is 126 Å². The third-order valence-corrected chi connectivity index (χ3v) is 4.25. The Hall–Kier alpha value is -1.84. The molecule has 4 heteroatoms. The minimum absolute atomic E-state index is 0.136. The number of hydrogen-bond acceptors (Lipinski definition) is 2. The van der Waals surface area contributed by atoms with Crippen LogP contribution in [0.25, 0.3) is 0 Å². The largest absolute Gasteiger partial charge is 0.339 e. The van der Waals surface area contributed by atoms with Gasteiger partial charge < -0.3 is 9.80 Å². The molecule has 0 aromatic heterocycles. The van der Waals surface area contributed by atoms with Crippen LogP contribution in [0.15, 0.2) is 30.3 Å². The van der Waals surface area contributed by atoms with Crippen molar-refractivity contribution < 1.29 is 9.59 Å². The van der Waals surface area contributed by atoms with Crippen molar-refractivity contribution >= 4 is 11.8 Å². The zero-order chi connectivity index (χ0) is 15.5. The van der Waals surface area contributed by atoms with Crippen molar-refractivity contribution in [3.05, 3.63) is 35.9 Å². The summed E-state index contributed by atoms with van der Waals surface area (Å²) in [6.07, 6.45) is 0.531. The quantitative estimate of drug-likeness (QED) is 0.854. The molecule has 0 aliphatic carbocycles. The van der Waals surface area contributed by atoms with Crippen molar-refractivity contribution in [2.75, 3.05) is 26.2 Å². The summed E-state index contributed by atoms with van der Waals surface area (Å²) in [6, 6.07) is 9.87. The Bertz CT molecular complexity index is 503. The fourth-order valence-electron chi connectivity index (χ4n) is 2.76. The first kappa shape index (κ1) is 15.5. The first-order chi connectivity index (χ1) is 9.96. The molecule has 114 valence electrons. The molecule has 0 radical (unpaired) electrons. The smallest absolute Gasteiger partial charge is 0.232 e. The van der Waals surface area contributed by atoms with E-state index in [4.69, 9.17) is 0 Å². The lowest BCUT2D eigenvalue weighted by atomic mass is 9.83. The summed E-state index contributed by atoms with van der Waals surface area (Å²) in [5.41, 5.74) is 0.500. The number of amides is 2. The third-order valence-electron chi connectivity index (χ3n) is 4.25. The van der Waals surface area contributed by atoms with Crippen LogP contribution < -0.4 is 0 Å². The van der Waals surface area contributed by atoms with E-state index in [-0.39, 0.29) is 11.8 Å². The van der Waals surface area contributed by atoms with E-state index in [0.717, 1.165) is 5.56 Å². The first-order valence-corrected chi connectivity index (χ1v) is 7.59. The van der Waals surface area contributed by atoms with Crippen molar-refractivity contribution in [3.8, 4) is 0 Å². The molecule has 1 heterocycles. The molecular formula is C17H24N2O2. The molecule has 0 N–H and O–H groups in total. The van der Waals surface area contributed by atoms with E-state index in [9.17, 15) is 9.59 Å². The van der Waals surface area contributed by atoms with E-state index in [1.54, 1.807) is 0 Å². The maximum atomic E-state index is 12.8. The van der Waals surface area contributed by atoms with Gasteiger partial charge in [-0.15, -0.1) is 0 Å². The summed E-state index contributed by atoms with van der Waals surface area (Å²) in [5, 5.41) is 0. The Morgan fingerprint density at radius 2 is 1.52 bits per heavy atom. The van der Waals surface area contributed by atoms with Crippen molar-refractivity contribution in [2.24, 2.45) is 0 Å². The Balaban J connectivity index is 2.03. The van der Waals surface area contributed by atoms with Gasteiger partial charge in [-0.05, 0) is 19.4 Å². The van der Waals surface area contributed by atoms with Crippen LogP contribution in [0.3, 0.4) is 0 Å². The second-order valence-electron chi connectivity index (χ2n) is 6.02. The summed E-state index contributed by atoms with van der Waals surface area (Å²) in [6.45, 7) is 8.34. The van der Waals surface area contributed by atoms with Crippen LogP contribution in [-0.2, 0) is 15.0 Å². The lowest BCUT2D eigenvalue weighted by Crippen LogP contribution is -2.54. The lowest BCUT2D eigenvalue weighted by molar-refractivity contribution is -0.142. The van der Waals surface area contributed by atoms with E-state index in [1.165, 1.54) is 0 Å². The van der Waals surface area contributed by atoms with Crippen LogP contribution in [0.5, 0.6) is 0 Å². The van der Waals surface area contributed by atoms with Crippen LogP contribution in [-0.4, -0.2) is 47.8 Å². The van der Waals surface area contributed by atoms with Gasteiger partial charge in [0.05, 0.1) is 5.41 Å². The van der Waals surface area contributed by atoms with Gasteiger partial charge in [0.15, 0.2) is 0 Å².